The van der Waals surface area contributed by atoms with E-state index >= 15 is 0 Å². The summed E-state index contributed by atoms with van der Waals surface area (Å²) in [6.45, 7) is 4.15. The van der Waals surface area contributed by atoms with Crippen LogP contribution in [0.1, 0.15) is 44.3 Å². The molecular formula is C27H25N3O4. The highest BCUT2D eigenvalue weighted by Crippen LogP contribution is 2.46. The Hall–Kier alpha value is -4.26. The monoisotopic (exact) mass is 455 g/mol. The Bertz CT molecular complexity index is 1390. The lowest BCUT2D eigenvalue weighted by molar-refractivity contribution is 0.0730. The second kappa shape index (κ2) is 8.26. The Balaban J connectivity index is 1.66. The molecule has 1 unspecified atom stereocenters. The number of benzene rings is 3. The van der Waals surface area contributed by atoms with Crippen LogP contribution in [0.3, 0.4) is 0 Å². The number of H-pyrrole nitrogens is 1. The van der Waals surface area contributed by atoms with Gasteiger partial charge in [-0.1, -0.05) is 30.3 Å². The van der Waals surface area contributed by atoms with E-state index in [1.165, 1.54) is 0 Å². The largest absolute Gasteiger partial charge is 0.508 e. The highest BCUT2D eigenvalue weighted by Gasteiger charge is 2.42. The number of aromatic hydroxyl groups is 2. The van der Waals surface area contributed by atoms with Gasteiger partial charge in [0.1, 0.15) is 28.6 Å². The van der Waals surface area contributed by atoms with Gasteiger partial charge in [-0.3, -0.25) is 9.89 Å². The van der Waals surface area contributed by atoms with Crippen LogP contribution in [0.15, 0.2) is 60.7 Å². The van der Waals surface area contributed by atoms with Crippen LogP contribution >= 0.6 is 0 Å². The first-order chi connectivity index (χ1) is 16.4. The van der Waals surface area contributed by atoms with Crippen LogP contribution in [0.4, 0.5) is 0 Å². The standard InChI is InChI=1S/C27H25N3O4/c1-15-11-16(2)26(32)21(12-15)23-22-24(29-28-23)27(33)30(14-17-7-9-20(34-3)10-8-17)25(22)18-5-4-6-19(31)13-18/h4-13,25,31-32H,14H2,1-3H3,(H,28,29). The molecule has 34 heavy (non-hydrogen) atoms. The molecule has 2 heterocycles. The number of hydrogen-bond acceptors (Lipinski definition) is 5. The number of hydrogen-bond donors (Lipinski definition) is 3. The van der Waals surface area contributed by atoms with E-state index in [9.17, 15) is 15.0 Å². The molecule has 7 heteroatoms. The van der Waals surface area contributed by atoms with Gasteiger partial charge in [0.15, 0.2) is 0 Å². The fourth-order valence-corrected chi connectivity index (χ4v) is 4.67. The number of aromatic amines is 1. The van der Waals surface area contributed by atoms with Gasteiger partial charge >= 0.3 is 0 Å². The van der Waals surface area contributed by atoms with Crippen molar-refractivity contribution in [3.63, 3.8) is 0 Å². The van der Waals surface area contributed by atoms with Gasteiger partial charge in [0.05, 0.1) is 13.2 Å². The summed E-state index contributed by atoms with van der Waals surface area (Å²) in [7, 11) is 1.61. The van der Waals surface area contributed by atoms with Gasteiger partial charge in [-0.15, -0.1) is 0 Å². The SMILES string of the molecule is COc1ccc(CN2C(=O)c3[nH]nc(-c4cc(C)cc(C)c4O)c3C2c2cccc(O)c2)cc1. The van der Waals surface area contributed by atoms with E-state index in [1.54, 1.807) is 30.2 Å². The molecule has 0 fully saturated rings. The van der Waals surface area contributed by atoms with Crippen LogP contribution in [-0.2, 0) is 6.54 Å². The second-order valence-corrected chi connectivity index (χ2v) is 8.62. The molecule has 3 N–H and O–H groups in total. The van der Waals surface area contributed by atoms with Crippen LogP contribution in [0.25, 0.3) is 11.3 Å². The zero-order valence-electron chi connectivity index (χ0n) is 19.2. The molecule has 5 rings (SSSR count). The van der Waals surface area contributed by atoms with E-state index in [2.05, 4.69) is 10.2 Å². The Morgan fingerprint density at radius 1 is 1.06 bits per heavy atom. The Labute approximate surface area is 197 Å². The van der Waals surface area contributed by atoms with E-state index in [-0.39, 0.29) is 17.4 Å². The lowest BCUT2D eigenvalue weighted by Crippen LogP contribution is -2.29. The molecule has 1 aromatic heterocycles. The van der Waals surface area contributed by atoms with Crippen molar-refractivity contribution in [2.75, 3.05) is 7.11 Å². The topological polar surface area (TPSA) is 98.7 Å². The molecule has 1 aliphatic heterocycles. The quantitative estimate of drug-likeness (QED) is 0.399. The number of phenols is 2. The minimum absolute atomic E-state index is 0.113. The van der Waals surface area contributed by atoms with Crippen molar-refractivity contribution in [1.29, 1.82) is 0 Å². The van der Waals surface area contributed by atoms with Crippen molar-refractivity contribution >= 4 is 5.91 Å². The van der Waals surface area contributed by atoms with Gasteiger partial charge in [-0.2, -0.15) is 5.10 Å². The summed E-state index contributed by atoms with van der Waals surface area (Å²) in [5.41, 5.74) is 5.58. The molecule has 3 aromatic carbocycles. The Morgan fingerprint density at radius 2 is 1.82 bits per heavy atom. The Morgan fingerprint density at radius 3 is 2.53 bits per heavy atom. The van der Waals surface area contributed by atoms with Gasteiger partial charge in [0.25, 0.3) is 5.91 Å². The maximum absolute atomic E-state index is 13.6. The van der Waals surface area contributed by atoms with Crippen LogP contribution in [0.5, 0.6) is 17.2 Å². The van der Waals surface area contributed by atoms with E-state index in [0.717, 1.165) is 28.0 Å². The number of nitrogens with zero attached hydrogens (tertiary/aromatic N) is 2. The summed E-state index contributed by atoms with van der Waals surface area (Å²) < 4.78 is 5.25. The zero-order chi connectivity index (χ0) is 24.0. The third-order valence-corrected chi connectivity index (χ3v) is 6.26. The van der Waals surface area contributed by atoms with Crippen molar-refractivity contribution in [2.24, 2.45) is 0 Å². The molecule has 7 nitrogen and oxygen atoms in total. The zero-order valence-corrected chi connectivity index (χ0v) is 19.2. The predicted octanol–water partition coefficient (Wildman–Crippen LogP) is 4.86. The van der Waals surface area contributed by atoms with Crippen molar-refractivity contribution in [1.82, 2.24) is 15.1 Å². The average molecular weight is 456 g/mol. The predicted molar refractivity (Wildman–Crippen MR) is 128 cm³/mol. The smallest absolute Gasteiger partial charge is 0.273 e. The molecule has 0 bridgehead atoms. The van der Waals surface area contributed by atoms with E-state index in [1.807, 2.05) is 56.3 Å². The lowest BCUT2D eigenvalue weighted by atomic mass is 9.94. The summed E-state index contributed by atoms with van der Waals surface area (Å²) in [4.78, 5) is 15.3. The lowest BCUT2D eigenvalue weighted by Gasteiger charge is -2.27. The first-order valence-corrected chi connectivity index (χ1v) is 11.0. The molecule has 172 valence electrons. The molecule has 0 saturated heterocycles. The maximum atomic E-state index is 13.6. The van der Waals surface area contributed by atoms with Gasteiger partial charge in [0, 0.05) is 17.7 Å². The summed E-state index contributed by atoms with van der Waals surface area (Å²) in [6, 6.07) is 17.7. The number of rotatable bonds is 5. The van der Waals surface area contributed by atoms with Gasteiger partial charge < -0.3 is 19.8 Å². The van der Waals surface area contributed by atoms with Crippen LogP contribution < -0.4 is 4.74 Å². The van der Waals surface area contributed by atoms with Crippen molar-refractivity contribution in [3.05, 3.63) is 94.2 Å². The van der Waals surface area contributed by atoms with Crippen molar-refractivity contribution in [2.45, 2.75) is 26.4 Å². The minimum atomic E-state index is -0.495. The highest BCUT2D eigenvalue weighted by molar-refractivity contribution is 6.00. The molecule has 0 radical (unpaired) electrons. The van der Waals surface area contributed by atoms with Gasteiger partial charge in [0.2, 0.25) is 0 Å². The maximum Gasteiger partial charge on any atom is 0.273 e. The first-order valence-electron chi connectivity index (χ1n) is 11.0. The molecule has 1 atom stereocenters. The van der Waals surface area contributed by atoms with E-state index < -0.39 is 6.04 Å². The highest BCUT2D eigenvalue weighted by atomic mass is 16.5. The molecular weight excluding hydrogens is 430 g/mol. The number of fused-ring (bicyclic) bond motifs is 1. The summed E-state index contributed by atoms with van der Waals surface area (Å²) in [5.74, 6) is 0.794. The van der Waals surface area contributed by atoms with Crippen LogP contribution in [0, 0.1) is 13.8 Å². The number of carbonyl (C=O) groups excluding carboxylic acids is 1. The van der Waals surface area contributed by atoms with E-state index in [0.29, 0.717) is 29.1 Å². The van der Waals surface area contributed by atoms with Gasteiger partial charge in [-0.05, 0) is 66.4 Å². The fraction of sp³-hybridized carbons (Fsp3) is 0.185. The minimum Gasteiger partial charge on any atom is -0.508 e. The molecule has 0 saturated carbocycles. The number of aromatic nitrogens is 2. The number of ether oxygens (including phenoxy) is 1. The number of phenolic OH excluding ortho intramolecular Hbond substituents is 2. The number of amides is 1. The van der Waals surface area contributed by atoms with Crippen molar-refractivity contribution < 1.29 is 19.7 Å². The molecule has 0 aliphatic carbocycles. The summed E-state index contributed by atoms with van der Waals surface area (Å²) in [5, 5.41) is 28.4. The number of carbonyl (C=O) groups is 1. The Kier molecular flexibility index (Phi) is 5.24. The van der Waals surface area contributed by atoms with Gasteiger partial charge in [-0.25, -0.2) is 0 Å². The molecule has 1 aliphatic rings. The normalized spacial score (nSPS) is 15.0. The van der Waals surface area contributed by atoms with Crippen LogP contribution in [-0.4, -0.2) is 38.3 Å². The number of nitrogens with one attached hydrogen (secondary N) is 1. The molecule has 1 amide bonds. The summed E-state index contributed by atoms with van der Waals surface area (Å²) >= 11 is 0. The van der Waals surface area contributed by atoms with E-state index in [4.69, 9.17) is 4.74 Å². The molecule has 4 aromatic rings. The fourth-order valence-electron chi connectivity index (χ4n) is 4.67. The number of aryl methyl sites for hydroxylation is 2. The van der Waals surface area contributed by atoms with Crippen LogP contribution in [0.2, 0.25) is 0 Å². The first kappa shape index (κ1) is 21.6. The number of methoxy groups -OCH3 is 1. The molecule has 0 spiro atoms. The summed E-state index contributed by atoms with van der Waals surface area (Å²) in [6.07, 6.45) is 0. The van der Waals surface area contributed by atoms with Crippen molar-refractivity contribution in [3.8, 4) is 28.5 Å². The second-order valence-electron chi connectivity index (χ2n) is 8.62. The third kappa shape index (κ3) is 3.55. The average Bonchev–Trinajstić information content (AvgIpc) is 3.36. The third-order valence-electron chi connectivity index (χ3n) is 6.26.